The van der Waals surface area contributed by atoms with E-state index in [1.54, 1.807) is 6.92 Å². The quantitative estimate of drug-likeness (QED) is 0.885. The number of amides is 1. The van der Waals surface area contributed by atoms with E-state index in [1.807, 2.05) is 17.2 Å². The summed E-state index contributed by atoms with van der Waals surface area (Å²) in [6.07, 6.45) is 1.81. The molecule has 1 aromatic rings. The van der Waals surface area contributed by atoms with Crippen molar-refractivity contribution in [2.45, 2.75) is 20.4 Å². The van der Waals surface area contributed by atoms with Gasteiger partial charge in [0.05, 0.1) is 0 Å². The Labute approximate surface area is 114 Å². The first-order chi connectivity index (χ1) is 9.20. The van der Waals surface area contributed by atoms with Crippen LogP contribution in [0.4, 0.5) is 5.82 Å². The van der Waals surface area contributed by atoms with E-state index in [9.17, 15) is 4.79 Å². The maximum atomic E-state index is 11.3. The van der Waals surface area contributed by atoms with Crippen LogP contribution in [0.2, 0.25) is 0 Å². The molecule has 1 aliphatic rings. The first-order valence-electron chi connectivity index (χ1n) is 6.86. The number of hydrogen-bond acceptors (Lipinski definition) is 4. The van der Waals surface area contributed by atoms with E-state index in [0.29, 0.717) is 0 Å². The molecule has 0 unspecified atom stereocenters. The maximum Gasteiger partial charge on any atom is 0.219 e. The van der Waals surface area contributed by atoms with E-state index in [1.165, 1.54) is 5.56 Å². The third-order valence-electron chi connectivity index (χ3n) is 3.45. The van der Waals surface area contributed by atoms with Crippen molar-refractivity contribution in [3.8, 4) is 0 Å². The van der Waals surface area contributed by atoms with E-state index >= 15 is 0 Å². The number of aromatic nitrogens is 1. The van der Waals surface area contributed by atoms with E-state index in [0.717, 1.165) is 45.1 Å². The zero-order valence-electron chi connectivity index (χ0n) is 11.7. The van der Waals surface area contributed by atoms with Crippen molar-refractivity contribution in [3.63, 3.8) is 0 Å². The Bertz CT molecular complexity index is 427. The van der Waals surface area contributed by atoms with Gasteiger partial charge in [-0.3, -0.25) is 9.69 Å². The Morgan fingerprint density at radius 1 is 1.37 bits per heavy atom. The SMILES string of the molecule is CCNc1ncccc1CN1CCN(C(C)=O)CC1. The molecule has 1 aliphatic heterocycles. The first kappa shape index (κ1) is 13.8. The van der Waals surface area contributed by atoms with Crippen molar-refractivity contribution in [3.05, 3.63) is 23.9 Å². The topological polar surface area (TPSA) is 48.5 Å². The Morgan fingerprint density at radius 2 is 2.11 bits per heavy atom. The molecule has 2 heterocycles. The second-order valence-electron chi connectivity index (χ2n) is 4.82. The van der Waals surface area contributed by atoms with Gasteiger partial charge >= 0.3 is 0 Å². The predicted octanol–water partition coefficient (Wildman–Crippen LogP) is 1.18. The molecule has 1 fully saturated rings. The van der Waals surface area contributed by atoms with Crippen LogP contribution in [0.1, 0.15) is 19.4 Å². The highest BCUT2D eigenvalue weighted by Crippen LogP contribution is 2.15. The molecule has 5 nitrogen and oxygen atoms in total. The largest absolute Gasteiger partial charge is 0.370 e. The summed E-state index contributed by atoms with van der Waals surface area (Å²) in [7, 11) is 0. The molecule has 0 saturated carbocycles. The van der Waals surface area contributed by atoms with Crippen molar-refractivity contribution < 1.29 is 4.79 Å². The smallest absolute Gasteiger partial charge is 0.219 e. The zero-order chi connectivity index (χ0) is 13.7. The van der Waals surface area contributed by atoms with Gasteiger partial charge in [-0.1, -0.05) is 6.07 Å². The summed E-state index contributed by atoms with van der Waals surface area (Å²) < 4.78 is 0. The van der Waals surface area contributed by atoms with Crippen LogP contribution in [-0.4, -0.2) is 53.4 Å². The number of piperazine rings is 1. The summed E-state index contributed by atoms with van der Waals surface area (Å²) >= 11 is 0. The van der Waals surface area contributed by atoms with Gasteiger partial charge in [0.25, 0.3) is 0 Å². The van der Waals surface area contributed by atoms with Crippen LogP contribution in [0.25, 0.3) is 0 Å². The average molecular weight is 262 g/mol. The molecule has 0 spiro atoms. The van der Waals surface area contributed by atoms with Gasteiger partial charge in [-0.2, -0.15) is 0 Å². The summed E-state index contributed by atoms with van der Waals surface area (Å²) in [5, 5.41) is 3.29. The van der Waals surface area contributed by atoms with Gasteiger partial charge in [0.15, 0.2) is 0 Å². The monoisotopic (exact) mass is 262 g/mol. The van der Waals surface area contributed by atoms with Crippen LogP contribution in [0, 0.1) is 0 Å². The summed E-state index contributed by atoms with van der Waals surface area (Å²) in [6, 6.07) is 4.09. The fourth-order valence-corrected chi connectivity index (χ4v) is 2.35. The third kappa shape index (κ3) is 3.67. The number of pyridine rings is 1. The third-order valence-corrected chi connectivity index (χ3v) is 3.45. The Kier molecular flexibility index (Phi) is 4.74. The lowest BCUT2D eigenvalue weighted by atomic mass is 10.2. The van der Waals surface area contributed by atoms with Crippen LogP contribution in [0.5, 0.6) is 0 Å². The van der Waals surface area contributed by atoms with Crippen molar-refractivity contribution in [2.24, 2.45) is 0 Å². The number of rotatable bonds is 4. The fraction of sp³-hybridized carbons (Fsp3) is 0.571. The molecule has 104 valence electrons. The Morgan fingerprint density at radius 3 is 2.74 bits per heavy atom. The standard InChI is InChI=1S/C14H22N4O/c1-3-15-14-13(5-4-6-16-14)11-17-7-9-18(10-8-17)12(2)19/h4-6H,3,7-11H2,1-2H3,(H,15,16). The molecule has 5 heteroatoms. The molecule has 1 saturated heterocycles. The van der Waals surface area contributed by atoms with Crippen molar-refractivity contribution in [1.29, 1.82) is 0 Å². The number of carbonyl (C=O) groups excluding carboxylic acids is 1. The lowest BCUT2D eigenvalue weighted by Crippen LogP contribution is -2.47. The van der Waals surface area contributed by atoms with Gasteiger partial charge in [0, 0.05) is 58.0 Å². The Balaban J connectivity index is 1.93. The minimum atomic E-state index is 0.175. The zero-order valence-corrected chi connectivity index (χ0v) is 11.7. The Hall–Kier alpha value is -1.62. The van der Waals surface area contributed by atoms with E-state index in [2.05, 4.69) is 28.2 Å². The highest BCUT2D eigenvalue weighted by Gasteiger charge is 2.19. The normalized spacial score (nSPS) is 16.4. The van der Waals surface area contributed by atoms with Gasteiger partial charge in [0.2, 0.25) is 5.91 Å². The summed E-state index contributed by atoms with van der Waals surface area (Å²) in [5.41, 5.74) is 1.22. The summed E-state index contributed by atoms with van der Waals surface area (Å²) in [6.45, 7) is 8.99. The molecule has 19 heavy (non-hydrogen) atoms. The number of anilines is 1. The molecule has 1 amide bonds. The van der Waals surface area contributed by atoms with Crippen molar-refractivity contribution in [1.82, 2.24) is 14.8 Å². The molecule has 0 bridgehead atoms. The molecular formula is C14H22N4O. The molecular weight excluding hydrogens is 240 g/mol. The number of hydrogen-bond donors (Lipinski definition) is 1. The molecule has 0 aliphatic carbocycles. The van der Waals surface area contributed by atoms with Crippen LogP contribution in [0.15, 0.2) is 18.3 Å². The summed E-state index contributed by atoms with van der Waals surface area (Å²) in [5.74, 6) is 1.15. The second kappa shape index (κ2) is 6.52. The maximum absolute atomic E-state index is 11.3. The van der Waals surface area contributed by atoms with E-state index in [-0.39, 0.29) is 5.91 Å². The van der Waals surface area contributed by atoms with E-state index < -0.39 is 0 Å². The van der Waals surface area contributed by atoms with Crippen molar-refractivity contribution in [2.75, 3.05) is 38.0 Å². The van der Waals surface area contributed by atoms with Gasteiger partial charge < -0.3 is 10.2 Å². The van der Waals surface area contributed by atoms with Crippen LogP contribution < -0.4 is 5.32 Å². The first-order valence-corrected chi connectivity index (χ1v) is 6.86. The van der Waals surface area contributed by atoms with E-state index in [4.69, 9.17) is 0 Å². The number of nitrogens with one attached hydrogen (secondary N) is 1. The lowest BCUT2D eigenvalue weighted by Gasteiger charge is -2.34. The molecule has 0 aromatic carbocycles. The highest BCUT2D eigenvalue weighted by atomic mass is 16.2. The minimum absolute atomic E-state index is 0.175. The summed E-state index contributed by atoms with van der Waals surface area (Å²) in [4.78, 5) is 19.9. The number of nitrogens with zero attached hydrogens (tertiary/aromatic N) is 3. The second-order valence-corrected chi connectivity index (χ2v) is 4.82. The number of carbonyl (C=O) groups is 1. The van der Waals surface area contributed by atoms with Crippen LogP contribution in [-0.2, 0) is 11.3 Å². The van der Waals surface area contributed by atoms with Gasteiger partial charge in [-0.15, -0.1) is 0 Å². The lowest BCUT2D eigenvalue weighted by molar-refractivity contribution is -0.130. The van der Waals surface area contributed by atoms with Crippen LogP contribution in [0.3, 0.4) is 0 Å². The molecule has 0 atom stereocenters. The predicted molar refractivity (Wildman–Crippen MR) is 75.9 cm³/mol. The highest BCUT2D eigenvalue weighted by molar-refractivity contribution is 5.73. The minimum Gasteiger partial charge on any atom is -0.370 e. The molecule has 2 rings (SSSR count). The van der Waals surface area contributed by atoms with Gasteiger partial charge in [0.1, 0.15) is 5.82 Å². The molecule has 1 N–H and O–H groups in total. The van der Waals surface area contributed by atoms with Crippen molar-refractivity contribution >= 4 is 11.7 Å². The molecule has 0 radical (unpaired) electrons. The van der Waals surface area contributed by atoms with Gasteiger partial charge in [-0.25, -0.2) is 4.98 Å². The average Bonchev–Trinajstić information content (AvgIpc) is 2.42. The molecule has 1 aromatic heterocycles. The van der Waals surface area contributed by atoms with Crippen LogP contribution >= 0.6 is 0 Å². The fourth-order valence-electron chi connectivity index (χ4n) is 2.35. The van der Waals surface area contributed by atoms with Gasteiger partial charge in [-0.05, 0) is 13.0 Å².